The first-order chi connectivity index (χ1) is 16.0. The van der Waals surface area contributed by atoms with Crippen LogP contribution in [-0.4, -0.2) is 25.1 Å². The number of Topliss-reactive ketones (excluding diaryl/α,β-unsaturated/α-hetero) is 1. The molecule has 0 aliphatic carbocycles. The Morgan fingerprint density at radius 3 is 2.76 bits per heavy atom. The molecule has 0 atom stereocenters. The number of hydrogen-bond donors (Lipinski definition) is 1. The molecule has 33 heavy (non-hydrogen) atoms. The number of halogens is 1. The third-order valence-electron chi connectivity index (χ3n) is 5.42. The van der Waals surface area contributed by atoms with Gasteiger partial charge in [-0.1, -0.05) is 35.9 Å². The van der Waals surface area contributed by atoms with Gasteiger partial charge in [0.1, 0.15) is 16.5 Å². The van der Waals surface area contributed by atoms with Crippen LogP contribution in [0.2, 0.25) is 5.15 Å². The molecule has 0 amide bonds. The lowest BCUT2D eigenvalue weighted by Crippen LogP contribution is -2.06. The Kier molecular flexibility index (Phi) is 5.66. The van der Waals surface area contributed by atoms with E-state index < -0.39 is 0 Å². The van der Waals surface area contributed by atoms with Crippen LogP contribution in [0.5, 0.6) is 0 Å². The van der Waals surface area contributed by atoms with E-state index >= 15 is 0 Å². The number of carbonyl (C=O) groups excluding carboxylic acids is 1. The number of aryl methyl sites for hydroxylation is 2. The summed E-state index contributed by atoms with van der Waals surface area (Å²) in [4.78, 5) is 26.4. The van der Waals surface area contributed by atoms with Crippen LogP contribution >= 0.6 is 22.9 Å². The van der Waals surface area contributed by atoms with E-state index in [0.717, 1.165) is 44.8 Å². The van der Waals surface area contributed by atoms with Crippen molar-refractivity contribution in [1.29, 1.82) is 0 Å². The third kappa shape index (κ3) is 4.25. The molecular formula is C25H20ClN5OS. The number of fused-ring (bicyclic) bond motifs is 1. The number of hydrogen-bond acceptors (Lipinski definition) is 6. The maximum atomic E-state index is 12.8. The Bertz CT molecular complexity index is 1490. The number of nitrogens with one attached hydrogen (secondary N) is 1. The highest BCUT2D eigenvalue weighted by molar-refractivity contribution is 7.14. The largest absolute Gasteiger partial charge is 0.332 e. The molecule has 5 aromatic rings. The molecule has 0 bridgehead atoms. The molecule has 1 aromatic carbocycles. The second-order valence-corrected chi connectivity index (χ2v) is 8.92. The maximum Gasteiger partial charge on any atom is 0.187 e. The van der Waals surface area contributed by atoms with Gasteiger partial charge >= 0.3 is 0 Å². The van der Waals surface area contributed by atoms with Gasteiger partial charge in [0.25, 0.3) is 0 Å². The summed E-state index contributed by atoms with van der Waals surface area (Å²) in [5.74, 6) is 0.0468. The van der Waals surface area contributed by atoms with Crippen molar-refractivity contribution in [2.75, 3.05) is 5.32 Å². The fourth-order valence-electron chi connectivity index (χ4n) is 3.78. The van der Waals surface area contributed by atoms with E-state index in [4.69, 9.17) is 16.6 Å². The number of anilines is 2. The van der Waals surface area contributed by atoms with Crippen LogP contribution in [0.4, 0.5) is 10.8 Å². The molecule has 0 unspecified atom stereocenters. The van der Waals surface area contributed by atoms with Crippen molar-refractivity contribution in [1.82, 2.24) is 19.4 Å². The third-order valence-corrected chi connectivity index (χ3v) is 6.47. The number of thiazole rings is 1. The normalized spacial score (nSPS) is 11.1. The molecular weight excluding hydrogens is 454 g/mol. The van der Waals surface area contributed by atoms with Crippen LogP contribution < -0.4 is 5.32 Å². The molecule has 6 nitrogen and oxygen atoms in total. The molecule has 0 aliphatic heterocycles. The molecule has 1 N–H and O–H groups in total. The second-order valence-electron chi connectivity index (χ2n) is 7.68. The number of aromatic nitrogens is 4. The quantitative estimate of drug-likeness (QED) is 0.231. The maximum absolute atomic E-state index is 12.8. The van der Waals surface area contributed by atoms with Crippen LogP contribution in [0.3, 0.4) is 0 Å². The van der Waals surface area contributed by atoms with E-state index in [1.165, 1.54) is 11.3 Å². The molecule has 164 valence electrons. The van der Waals surface area contributed by atoms with E-state index in [2.05, 4.69) is 15.3 Å². The second kappa shape index (κ2) is 8.77. The van der Waals surface area contributed by atoms with Crippen molar-refractivity contribution < 1.29 is 4.79 Å². The lowest BCUT2D eigenvalue weighted by molar-refractivity contribution is 0.0992. The predicted molar refractivity (Wildman–Crippen MR) is 133 cm³/mol. The van der Waals surface area contributed by atoms with Crippen molar-refractivity contribution >= 4 is 45.2 Å². The zero-order chi connectivity index (χ0) is 22.9. The van der Waals surface area contributed by atoms with Gasteiger partial charge in [0.05, 0.1) is 11.4 Å². The average molecular weight is 474 g/mol. The number of imidazole rings is 1. The minimum atomic E-state index is 0.0468. The summed E-state index contributed by atoms with van der Waals surface area (Å²) in [6.07, 6.45) is 2.05. The number of carbonyl (C=O) groups is 1. The van der Waals surface area contributed by atoms with Crippen molar-refractivity contribution in [3.63, 3.8) is 0 Å². The van der Waals surface area contributed by atoms with E-state index in [9.17, 15) is 4.79 Å². The standard InChI is InChI=1S/C25H20ClN5OS/c1-15-17(7-5-11-27-15)13-21(32)18-6-3-8-19(12-18)29-25-30-20(14-33-25)24-16(2)28-23-10-4-9-22(26)31(23)24/h3-12,14H,13H2,1-2H3,(H,29,30). The minimum Gasteiger partial charge on any atom is -0.332 e. The van der Waals surface area contributed by atoms with Crippen LogP contribution in [0.25, 0.3) is 17.0 Å². The summed E-state index contributed by atoms with van der Waals surface area (Å²) in [5, 5.41) is 6.60. The molecule has 5 rings (SSSR count). The number of ketones is 1. The van der Waals surface area contributed by atoms with Gasteiger partial charge in [-0.2, -0.15) is 0 Å². The fourth-order valence-corrected chi connectivity index (χ4v) is 4.74. The van der Waals surface area contributed by atoms with E-state index in [1.54, 1.807) is 6.20 Å². The molecule has 0 fully saturated rings. The summed E-state index contributed by atoms with van der Waals surface area (Å²) in [7, 11) is 0. The molecule has 8 heteroatoms. The zero-order valence-electron chi connectivity index (χ0n) is 18.0. The van der Waals surface area contributed by atoms with Gasteiger partial charge in [0.2, 0.25) is 0 Å². The first-order valence-corrected chi connectivity index (χ1v) is 11.7. The van der Waals surface area contributed by atoms with Crippen molar-refractivity contribution in [3.8, 4) is 11.4 Å². The Labute approximate surface area is 199 Å². The van der Waals surface area contributed by atoms with E-state index in [0.29, 0.717) is 17.1 Å². The Morgan fingerprint density at radius 2 is 1.91 bits per heavy atom. The van der Waals surface area contributed by atoms with Crippen LogP contribution in [0.15, 0.2) is 66.2 Å². The van der Waals surface area contributed by atoms with Gasteiger partial charge in [-0.25, -0.2) is 9.97 Å². The Balaban J connectivity index is 1.38. The summed E-state index contributed by atoms with van der Waals surface area (Å²) in [6, 6.07) is 16.9. The molecule has 0 radical (unpaired) electrons. The van der Waals surface area contributed by atoms with Crippen molar-refractivity contribution in [3.05, 3.63) is 93.8 Å². The highest BCUT2D eigenvalue weighted by Crippen LogP contribution is 2.31. The monoisotopic (exact) mass is 473 g/mol. The summed E-state index contributed by atoms with van der Waals surface area (Å²) in [5.41, 5.74) is 6.56. The van der Waals surface area contributed by atoms with Gasteiger partial charge in [-0.05, 0) is 49.7 Å². The first kappa shape index (κ1) is 21.3. The summed E-state index contributed by atoms with van der Waals surface area (Å²) < 4.78 is 1.90. The first-order valence-electron chi connectivity index (χ1n) is 10.4. The fraction of sp³-hybridized carbons (Fsp3) is 0.120. The SMILES string of the molecule is Cc1ncccc1CC(=O)c1cccc(Nc2nc(-c3c(C)nc4cccc(Cl)n34)cs2)c1. The van der Waals surface area contributed by atoms with E-state index in [1.807, 2.05) is 78.2 Å². The smallest absolute Gasteiger partial charge is 0.187 e. The Morgan fingerprint density at radius 1 is 1.06 bits per heavy atom. The number of rotatable bonds is 6. The summed E-state index contributed by atoms with van der Waals surface area (Å²) in [6.45, 7) is 3.86. The van der Waals surface area contributed by atoms with Crippen molar-refractivity contribution in [2.45, 2.75) is 20.3 Å². The number of nitrogens with zero attached hydrogens (tertiary/aromatic N) is 4. The average Bonchev–Trinajstić information content (AvgIpc) is 3.39. The van der Waals surface area contributed by atoms with Crippen LogP contribution in [0, 0.1) is 13.8 Å². The van der Waals surface area contributed by atoms with Gasteiger partial charge < -0.3 is 5.32 Å². The zero-order valence-corrected chi connectivity index (χ0v) is 19.6. The predicted octanol–water partition coefficient (Wildman–Crippen LogP) is 6.29. The lowest BCUT2D eigenvalue weighted by Gasteiger charge is -2.07. The van der Waals surface area contributed by atoms with Crippen LogP contribution in [-0.2, 0) is 6.42 Å². The molecule has 0 spiro atoms. The Hall–Kier alpha value is -3.55. The highest BCUT2D eigenvalue weighted by Gasteiger charge is 2.16. The number of benzene rings is 1. The van der Waals surface area contributed by atoms with Gasteiger partial charge in [-0.3, -0.25) is 14.2 Å². The van der Waals surface area contributed by atoms with Gasteiger partial charge in [0, 0.05) is 34.9 Å². The van der Waals surface area contributed by atoms with Crippen molar-refractivity contribution in [2.24, 2.45) is 0 Å². The lowest BCUT2D eigenvalue weighted by atomic mass is 10.0. The van der Waals surface area contributed by atoms with E-state index in [-0.39, 0.29) is 5.78 Å². The molecule has 0 saturated carbocycles. The molecule has 0 saturated heterocycles. The summed E-state index contributed by atoms with van der Waals surface area (Å²) >= 11 is 7.91. The topological polar surface area (TPSA) is 72.2 Å². The minimum absolute atomic E-state index is 0.0468. The highest BCUT2D eigenvalue weighted by atomic mass is 35.5. The number of pyridine rings is 2. The van der Waals surface area contributed by atoms with Gasteiger partial charge in [-0.15, -0.1) is 11.3 Å². The molecule has 4 heterocycles. The molecule has 4 aromatic heterocycles. The molecule has 0 aliphatic rings. The van der Waals surface area contributed by atoms with Crippen LogP contribution in [0.1, 0.15) is 27.3 Å². The van der Waals surface area contributed by atoms with Gasteiger partial charge in [0.15, 0.2) is 10.9 Å².